The summed E-state index contributed by atoms with van der Waals surface area (Å²) in [4.78, 5) is 15.5. The van der Waals surface area contributed by atoms with Crippen molar-refractivity contribution in [2.24, 2.45) is 0 Å². The van der Waals surface area contributed by atoms with Crippen LogP contribution in [-0.4, -0.2) is 67.4 Å². The van der Waals surface area contributed by atoms with Crippen LogP contribution in [0.3, 0.4) is 0 Å². The third kappa shape index (κ3) is 3.61. The van der Waals surface area contributed by atoms with E-state index in [0.717, 1.165) is 26.2 Å². The van der Waals surface area contributed by atoms with Crippen LogP contribution in [0.15, 0.2) is 0 Å². The monoisotopic (exact) mass is 247 g/mol. The summed E-state index contributed by atoms with van der Waals surface area (Å²) in [6.45, 7) is 4.26. The van der Waals surface area contributed by atoms with Gasteiger partial charge in [0.2, 0.25) is 5.91 Å². The zero-order valence-corrected chi connectivity index (χ0v) is 9.92. The zero-order valence-electron chi connectivity index (χ0n) is 9.92. The van der Waals surface area contributed by atoms with Gasteiger partial charge in [0, 0.05) is 52.1 Å². The molecule has 4 nitrogen and oxygen atoms in total. The van der Waals surface area contributed by atoms with Crippen LogP contribution in [0.1, 0.15) is 12.8 Å². The molecule has 0 aromatic carbocycles. The number of alkyl halides is 2. The van der Waals surface area contributed by atoms with Crippen LogP contribution in [0.4, 0.5) is 8.78 Å². The van der Waals surface area contributed by atoms with Crippen molar-refractivity contribution in [2.45, 2.75) is 18.8 Å². The number of nitrogens with one attached hydrogen (secondary N) is 1. The highest BCUT2D eigenvalue weighted by atomic mass is 19.3. The van der Waals surface area contributed by atoms with Gasteiger partial charge in [-0.1, -0.05) is 0 Å². The summed E-state index contributed by atoms with van der Waals surface area (Å²) in [6, 6.07) is 0. The van der Waals surface area contributed by atoms with Gasteiger partial charge in [0.05, 0.1) is 6.54 Å². The Kier molecular flexibility index (Phi) is 3.93. The number of piperidine rings is 1. The molecular weight excluding hydrogens is 228 g/mol. The maximum absolute atomic E-state index is 12.9. The van der Waals surface area contributed by atoms with E-state index in [9.17, 15) is 13.6 Å². The Bertz CT molecular complexity index is 270. The van der Waals surface area contributed by atoms with Crippen LogP contribution in [0.25, 0.3) is 0 Å². The summed E-state index contributed by atoms with van der Waals surface area (Å²) in [7, 11) is 0. The first kappa shape index (κ1) is 12.7. The van der Waals surface area contributed by atoms with Gasteiger partial charge in [-0.2, -0.15) is 0 Å². The summed E-state index contributed by atoms with van der Waals surface area (Å²) in [5, 5.41) is 3.21. The smallest absolute Gasteiger partial charge is 0.251 e. The van der Waals surface area contributed by atoms with Gasteiger partial charge in [0.25, 0.3) is 5.92 Å². The molecule has 0 spiro atoms. The minimum absolute atomic E-state index is 0.0117. The van der Waals surface area contributed by atoms with Gasteiger partial charge in [-0.15, -0.1) is 0 Å². The Hall–Kier alpha value is -0.750. The summed E-state index contributed by atoms with van der Waals surface area (Å²) in [5.41, 5.74) is 0. The Labute approximate surface area is 99.9 Å². The SMILES string of the molecule is O=C(CN1CCNCC1)N1CCC(F)(F)CC1. The molecule has 6 heteroatoms. The summed E-state index contributed by atoms with van der Waals surface area (Å²) < 4.78 is 25.9. The highest BCUT2D eigenvalue weighted by Crippen LogP contribution is 2.27. The van der Waals surface area contributed by atoms with E-state index >= 15 is 0 Å². The average Bonchev–Trinajstić information content (AvgIpc) is 2.30. The summed E-state index contributed by atoms with van der Waals surface area (Å²) in [5.74, 6) is -2.59. The Morgan fingerprint density at radius 1 is 1.12 bits per heavy atom. The van der Waals surface area contributed by atoms with E-state index in [1.54, 1.807) is 4.90 Å². The van der Waals surface area contributed by atoms with E-state index in [1.165, 1.54) is 0 Å². The van der Waals surface area contributed by atoms with E-state index in [4.69, 9.17) is 0 Å². The van der Waals surface area contributed by atoms with Crippen molar-refractivity contribution in [3.63, 3.8) is 0 Å². The number of hydrogen-bond donors (Lipinski definition) is 1. The minimum Gasteiger partial charge on any atom is -0.341 e. The number of amides is 1. The van der Waals surface area contributed by atoms with E-state index in [2.05, 4.69) is 10.2 Å². The van der Waals surface area contributed by atoms with Crippen molar-refractivity contribution in [2.75, 3.05) is 45.8 Å². The molecule has 98 valence electrons. The lowest BCUT2D eigenvalue weighted by Crippen LogP contribution is -2.50. The lowest BCUT2D eigenvalue weighted by molar-refractivity contribution is -0.138. The average molecular weight is 247 g/mol. The number of nitrogens with zero attached hydrogens (tertiary/aromatic N) is 2. The van der Waals surface area contributed by atoms with E-state index in [0.29, 0.717) is 6.54 Å². The van der Waals surface area contributed by atoms with Crippen LogP contribution in [0.2, 0.25) is 0 Å². The molecule has 0 aromatic rings. The Balaban J connectivity index is 1.76. The van der Waals surface area contributed by atoms with Crippen molar-refractivity contribution in [3.05, 3.63) is 0 Å². The molecule has 0 atom stereocenters. The molecular formula is C11H19F2N3O. The van der Waals surface area contributed by atoms with Crippen molar-refractivity contribution >= 4 is 5.91 Å². The molecule has 0 aromatic heterocycles. The molecule has 2 aliphatic rings. The minimum atomic E-state index is -2.58. The summed E-state index contributed by atoms with van der Waals surface area (Å²) >= 11 is 0. The fraction of sp³-hybridized carbons (Fsp3) is 0.909. The standard InChI is InChI=1S/C11H19F2N3O/c12-11(13)1-5-16(6-2-11)10(17)9-15-7-3-14-4-8-15/h14H,1-9H2. The third-order valence-electron chi connectivity index (χ3n) is 3.42. The largest absolute Gasteiger partial charge is 0.341 e. The second-order valence-corrected chi connectivity index (χ2v) is 4.76. The molecule has 2 saturated heterocycles. The Morgan fingerprint density at radius 2 is 1.71 bits per heavy atom. The molecule has 2 aliphatic heterocycles. The van der Waals surface area contributed by atoms with Crippen molar-refractivity contribution in [1.82, 2.24) is 15.1 Å². The Morgan fingerprint density at radius 3 is 2.29 bits per heavy atom. The van der Waals surface area contributed by atoms with Gasteiger partial charge in [0.15, 0.2) is 0 Å². The molecule has 0 saturated carbocycles. The second-order valence-electron chi connectivity index (χ2n) is 4.76. The third-order valence-corrected chi connectivity index (χ3v) is 3.42. The van der Waals surface area contributed by atoms with Gasteiger partial charge in [-0.05, 0) is 0 Å². The summed E-state index contributed by atoms with van der Waals surface area (Å²) in [6.07, 6.45) is -0.388. The first-order chi connectivity index (χ1) is 8.07. The number of piperazine rings is 1. The number of carbonyl (C=O) groups is 1. The quantitative estimate of drug-likeness (QED) is 0.754. The van der Waals surface area contributed by atoms with Gasteiger partial charge in [-0.3, -0.25) is 9.69 Å². The number of halogens is 2. The molecule has 2 rings (SSSR count). The maximum Gasteiger partial charge on any atom is 0.251 e. The molecule has 0 bridgehead atoms. The van der Waals surface area contributed by atoms with Gasteiger partial charge in [-0.25, -0.2) is 8.78 Å². The highest BCUT2D eigenvalue weighted by molar-refractivity contribution is 5.78. The van der Waals surface area contributed by atoms with Gasteiger partial charge < -0.3 is 10.2 Å². The molecule has 0 aliphatic carbocycles. The predicted octanol–water partition coefficient (Wildman–Crippen LogP) is 0.149. The first-order valence-electron chi connectivity index (χ1n) is 6.15. The fourth-order valence-electron chi connectivity index (χ4n) is 2.24. The second kappa shape index (κ2) is 5.27. The predicted molar refractivity (Wildman–Crippen MR) is 60.1 cm³/mol. The molecule has 0 radical (unpaired) electrons. The lowest BCUT2D eigenvalue weighted by Gasteiger charge is -2.34. The van der Waals surface area contributed by atoms with Crippen LogP contribution in [0, 0.1) is 0 Å². The van der Waals surface area contributed by atoms with Crippen LogP contribution < -0.4 is 5.32 Å². The van der Waals surface area contributed by atoms with Gasteiger partial charge >= 0.3 is 0 Å². The molecule has 1 N–H and O–H groups in total. The molecule has 1 amide bonds. The highest BCUT2D eigenvalue weighted by Gasteiger charge is 2.35. The number of carbonyl (C=O) groups excluding carboxylic acids is 1. The molecule has 2 heterocycles. The van der Waals surface area contributed by atoms with Crippen molar-refractivity contribution in [3.8, 4) is 0 Å². The molecule has 0 unspecified atom stereocenters. The molecule has 17 heavy (non-hydrogen) atoms. The van der Waals surface area contributed by atoms with Crippen LogP contribution in [-0.2, 0) is 4.79 Å². The van der Waals surface area contributed by atoms with Crippen LogP contribution >= 0.6 is 0 Å². The maximum atomic E-state index is 12.9. The fourth-order valence-corrected chi connectivity index (χ4v) is 2.24. The van der Waals surface area contributed by atoms with E-state index in [-0.39, 0.29) is 31.8 Å². The topological polar surface area (TPSA) is 35.6 Å². The number of hydrogen-bond acceptors (Lipinski definition) is 3. The van der Waals surface area contributed by atoms with Crippen molar-refractivity contribution in [1.29, 1.82) is 0 Å². The van der Waals surface area contributed by atoms with Crippen molar-refractivity contribution < 1.29 is 13.6 Å². The van der Waals surface area contributed by atoms with Crippen LogP contribution in [0.5, 0.6) is 0 Å². The number of likely N-dealkylation sites (tertiary alicyclic amines) is 1. The van der Waals surface area contributed by atoms with E-state index in [1.807, 2.05) is 0 Å². The normalized spacial score (nSPS) is 25.9. The van der Waals surface area contributed by atoms with Gasteiger partial charge in [0.1, 0.15) is 0 Å². The number of rotatable bonds is 2. The zero-order chi connectivity index (χ0) is 12.3. The lowest BCUT2D eigenvalue weighted by atomic mass is 10.1. The molecule has 2 fully saturated rings. The first-order valence-corrected chi connectivity index (χ1v) is 6.15. The van der Waals surface area contributed by atoms with E-state index < -0.39 is 5.92 Å².